The topological polar surface area (TPSA) is 55.1 Å². The summed E-state index contributed by atoms with van der Waals surface area (Å²) in [5, 5.41) is 4.89. The third-order valence-corrected chi connectivity index (χ3v) is 4.77. The van der Waals surface area contributed by atoms with Gasteiger partial charge >= 0.3 is 0 Å². The van der Waals surface area contributed by atoms with Crippen molar-refractivity contribution in [2.75, 3.05) is 5.32 Å². The van der Waals surface area contributed by atoms with Crippen molar-refractivity contribution >= 4 is 38.9 Å². The molecule has 118 valence electrons. The monoisotopic (exact) mass is 390 g/mol. The van der Waals surface area contributed by atoms with Crippen LogP contribution in [0.15, 0.2) is 44.6 Å². The van der Waals surface area contributed by atoms with Crippen LogP contribution in [0, 0.1) is 13.8 Å². The molecule has 4 nitrogen and oxygen atoms in total. The second-order valence-electron chi connectivity index (χ2n) is 5.18. The lowest BCUT2D eigenvalue weighted by molar-refractivity contribution is -0.115. The van der Waals surface area contributed by atoms with Gasteiger partial charge in [-0.2, -0.15) is 0 Å². The van der Waals surface area contributed by atoms with Crippen LogP contribution in [-0.2, 0) is 11.2 Å². The highest BCUT2D eigenvalue weighted by Crippen LogP contribution is 2.26. The van der Waals surface area contributed by atoms with E-state index < -0.39 is 0 Å². The number of nitrogens with one attached hydrogen (secondary N) is 1. The van der Waals surface area contributed by atoms with Crippen LogP contribution in [0.5, 0.6) is 0 Å². The number of amides is 1. The highest BCUT2D eigenvalue weighted by molar-refractivity contribution is 9.10. The quantitative estimate of drug-likeness (QED) is 0.684. The summed E-state index contributed by atoms with van der Waals surface area (Å²) in [5.41, 5.74) is 2.47. The van der Waals surface area contributed by atoms with Crippen LogP contribution >= 0.6 is 27.3 Å². The lowest BCUT2D eigenvalue weighted by atomic mass is 10.2. The van der Waals surface area contributed by atoms with E-state index in [2.05, 4.69) is 26.2 Å². The van der Waals surface area contributed by atoms with E-state index >= 15 is 0 Å². The highest BCUT2D eigenvalue weighted by Gasteiger charge is 2.15. The lowest BCUT2D eigenvalue weighted by Crippen LogP contribution is -2.15. The van der Waals surface area contributed by atoms with E-state index in [4.69, 9.17) is 4.42 Å². The summed E-state index contributed by atoms with van der Waals surface area (Å²) in [4.78, 5) is 17.7. The summed E-state index contributed by atoms with van der Waals surface area (Å²) in [5.74, 6) is 1.14. The van der Waals surface area contributed by atoms with Gasteiger partial charge in [0.15, 0.2) is 0 Å². The van der Waals surface area contributed by atoms with Crippen molar-refractivity contribution in [1.82, 2.24) is 4.98 Å². The number of oxazole rings is 1. The van der Waals surface area contributed by atoms with Crippen molar-refractivity contribution in [2.24, 2.45) is 0 Å². The number of rotatable bonds is 4. The number of hydrogen-bond acceptors (Lipinski definition) is 4. The summed E-state index contributed by atoms with van der Waals surface area (Å²) in [7, 11) is 0. The molecule has 0 spiro atoms. The molecular formula is C17H15BrN2O2S. The summed E-state index contributed by atoms with van der Waals surface area (Å²) in [6, 6.07) is 9.64. The molecule has 0 aliphatic heterocycles. The van der Waals surface area contributed by atoms with E-state index in [9.17, 15) is 4.79 Å². The molecule has 1 aromatic carbocycles. The van der Waals surface area contributed by atoms with Gasteiger partial charge in [-0.3, -0.25) is 4.79 Å². The Morgan fingerprint density at radius 2 is 2.17 bits per heavy atom. The normalized spacial score (nSPS) is 10.7. The van der Waals surface area contributed by atoms with Gasteiger partial charge < -0.3 is 9.73 Å². The SMILES string of the molecule is Cc1cc(Br)ccc1NC(=O)Cc1nc(-c2cccs2)oc1C. The van der Waals surface area contributed by atoms with Crippen LogP contribution in [-0.4, -0.2) is 10.9 Å². The molecule has 0 saturated carbocycles. The first kappa shape index (κ1) is 16.0. The smallest absolute Gasteiger partial charge is 0.236 e. The van der Waals surface area contributed by atoms with Crippen LogP contribution in [0.4, 0.5) is 5.69 Å². The summed E-state index contributed by atoms with van der Waals surface area (Å²) in [6.07, 6.45) is 0.191. The zero-order valence-corrected chi connectivity index (χ0v) is 15.1. The van der Waals surface area contributed by atoms with E-state index in [0.717, 1.165) is 20.6 Å². The molecule has 0 atom stereocenters. The maximum Gasteiger partial charge on any atom is 0.236 e. The third-order valence-electron chi connectivity index (χ3n) is 3.42. The van der Waals surface area contributed by atoms with Crippen molar-refractivity contribution in [3.63, 3.8) is 0 Å². The molecule has 0 aliphatic carbocycles. The van der Waals surface area contributed by atoms with Gasteiger partial charge in [0.05, 0.1) is 17.0 Å². The number of carbonyl (C=O) groups excluding carboxylic acids is 1. The Hall–Kier alpha value is -1.92. The molecule has 2 heterocycles. The molecule has 0 aliphatic rings. The van der Waals surface area contributed by atoms with Crippen molar-refractivity contribution in [3.05, 3.63) is 57.2 Å². The number of carbonyl (C=O) groups is 1. The molecule has 1 N–H and O–H groups in total. The second-order valence-corrected chi connectivity index (χ2v) is 7.05. The lowest BCUT2D eigenvalue weighted by Gasteiger charge is -2.08. The minimum atomic E-state index is -0.107. The summed E-state index contributed by atoms with van der Waals surface area (Å²) in [6.45, 7) is 3.79. The van der Waals surface area contributed by atoms with E-state index in [1.165, 1.54) is 0 Å². The minimum Gasteiger partial charge on any atom is -0.440 e. The predicted octanol–water partition coefficient (Wildman–Crippen LogP) is 4.96. The van der Waals surface area contributed by atoms with Gasteiger partial charge in [0.2, 0.25) is 11.8 Å². The summed E-state index contributed by atoms with van der Waals surface area (Å²) >= 11 is 4.97. The molecule has 0 radical (unpaired) electrons. The maximum atomic E-state index is 12.3. The van der Waals surface area contributed by atoms with E-state index in [0.29, 0.717) is 17.3 Å². The fourth-order valence-electron chi connectivity index (χ4n) is 2.21. The van der Waals surface area contributed by atoms with E-state index in [1.54, 1.807) is 11.3 Å². The molecule has 1 amide bonds. The molecular weight excluding hydrogens is 376 g/mol. The molecule has 0 bridgehead atoms. The molecule has 2 aromatic heterocycles. The van der Waals surface area contributed by atoms with Crippen LogP contribution < -0.4 is 5.32 Å². The van der Waals surface area contributed by atoms with Crippen LogP contribution in [0.2, 0.25) is 0 Å². The van der Waals surface area contributed by atoms with Gasteiger partial charge in [-0.1, -0.05) is 22.0 Å². The molecule has 3 rings (SSSR count). The number of nitrogens with zero attached hydrogens (tertiary/aromatic N) is 1. The molecule has 0 unspecified atom stereocenters. The number of anilines is 1. The Kier molecular flexibility index (Phi) is 4.63. The Morgan fingerprint density at radius 3 is 2.87 bits per heavy atom. The summed E-state index contributed by atoms with van der Waals surface area (Å²) < 4.78 is 6.65. The zero-order chi connectivity index (χ0) is 16.4. The Labute approximate surface area is 146 Å². The van der Waals surface area contributed by atoms with Crippen molar-refractivity contribution in [2.45, 2.75) is 20.3 Å². The average Bonchev–Trinajstić information content (AvgIpc) is 3.13. The third kappa shape index (κ3) is 3.71. The first-order valence-corrected chi connectivity index (χ1v) is 8.76. The van der Waals surface area contributed by atoms with Crippen molar-refractivity contribution in [1.29, 1.82) is 0 Å². The van der Waals surface area contributed by atoms with Gasteiger partial charge in [0.1, 0.15) is 5.76 Å². The number of aryl methyl sites for hydroxylation is 2. The second kappa shape index (κ2) is 6.68. The number of halogens is 1. The molecule has 6 heteroatoms. The number of aromatic nitrogens is 1. The first-order chi connectivity index (χ1) is 11.0. The van der Waals surface area contributed by atoms with Crippen molar-refractivity contribution < 1.29 is 9.21 Å². The zero-order valence-electron chi connectivity index (χ0n) is 12.7. The van der Waals surface area contributed by atoms with Crippen molar-refractivity contribution in [3.8, 4) is 10.8 Å². The Morgan fingerprint density at radius 1 is 1.35 bits per heavy atom. The average molecular weight is 391 g/mol. The minimum absolute atomic E-state index is 0.107. The first-order valence-electron chi connectivity index (χ1n) is 7.09. The highest BCUT2D eigenvalue weighted by atomic mass is 79.9. The van der Waals surface area contributed by atoms with Gasteiger partial charge in [0.25, 0.3) is 0 Å². The fraction of sp³-hybridized carbons (Fsp3) is 0.176. The number of hydrogen-bond donors (Lipinski definition) is 1. The standard InChI is InChI=1S/C17H15BrN2O2S/c1-10-8-12(18)5-6-13(10)19-16(21)9-14-11(2)22-17(20-14)15-4-3-7-23-15/h3-8H,9H2,1-2H3,(H,19,21). The van der Waals surface area contributed by atoms with Gasteiger partial charge in [0, 0.05) is 10.2 Å². The van der Waals surface area contributed by atoms with Gasteiger partial charge in [-0.25, -0.2) is 4.98 Å². The predicted molar refractivity (Wildman–Crippen MR) is 95.8 cm³/mol. The largest absolute Gasteiger partial charge is 0.440 e. The number of benzene rings is 1. The fourth-order valence-corrected chi connectivity index (χ4v) is 3.34. The van der Waals surface area contributed by atoms with E-state index in [-0.39, 0.29) is 12.3 Å². The van der Waals surface area contributed by atoms with Crippen LogP contribution in [0.1, 0.15) is 17.0 Å². The molecule has 3 aromatic rings. The molecule has 0 saturated heterocycles. The molecule has 23 heavy (non-hydrogen) atoms. The Balaban J connectivity index is 1.73. The van der Waals surface area contributed by atoms with Gasteiger partial charge in [-0.15, -0.1) is 11.3 Å². The Bertz CT molecular complexity index is 840. The molecule has 0 fully saturated rings. The van der Waals surface area contributed by atoms with Crippen LogP contribution in [0.25, 0.3) is 10.8 Å². The van der Waals surface area contributed by atoms with Gasteiger partial charge in [-0.05, 0) is 49.1 Å². The maximum absolute atomic E-state index is 12.3. The van der Waals surface area contributed by atoms with E-state index in [1.807, 2.05) is 49.6 Å². The van der Waals surface area contributed by atoms with Crippen LogP contribution in [0.3, 0.4) is 0 Å². The number of thiophene rings is 1.